The molecular formula is C28H27BrN4O6. The molecule has 1 atom stereocenters. The van der Waals surface area contributed by atoms with Gasteiger partial charge in [0.25, 0.3) is 11.2 Å². The SMILES string of the molecule is CC[C@@H](C)c1nc2ccc(Br)cc2c(=O)n1N=Cc1cc(OC)c(OCc2ccc([N+](=O)[O-])cc2)c(OC)c1. The van der Waals surface area contributed by atoms with Crippen LogP contribution in [0.25, 0.3) is 10.9 Å². The average molecular weight is 595 g/mol. The lowest BCUT2D eigenvalue weighted by Gasteiger charge is -2.16. The van der Waals surface area contributed by atoms with E-state index in [-0.39, 0.29) is 23.8 Å². The minimum atomic E-state index is -0.455. The van der Waals surface area contributed by atoms with E-state index in [1.807, 2.05) is 26.0 Å². The van der Waals surface area contributed by atoms with Crippen LogP contribution in [-0.4, -0.2) is 35.0 Å². The Morgan fingerprint density at radius 2 is 1.77 bits per heavy atom. The summed E-state index contributed by atoms with van der Waals surface area (Å²) in [6.07, 6.45) is 2.33. The van der Waals surface area contributed by atoms with Gasteiger partial charge in [0.15, 0.2) is 11.5 Å². The number of nitro benzene ring substituents is 1. The van der Waals surface area contributed by atoms with Crippen molar-refractivity contribution in [3.05, 3.63) is 96.5 Å². The maximum atomic E-state index is 13.4. The molecule has 0 spiro atoms. The van der Waals surface area contributed by atoms with Gasteiger partial charge < -0.3 is 14.2 Å². The molecule has 4 aromatic rings. The van der Waals surface area contributed by atoms with Crippen molar-refractivity contribution in [3.8, 4) is 17.2 Å². The van der Waals surface area contributed by atoms with Crippen molar-refractivity contribution < 1.29 is 19.1 Å². The van der Waals surface area contributed by atoms with E-state index >= 15 is 0 Å². The Morgan fingerprint density at radius 3 is 2.36 bits per heavy atom. The van der Waals surface area contributed by atoms with E-state index in [0.29, 0.717) is 39.5 Å². The van der Waals surface area contributed by atoms with E-state index in [0.717, 1.165) is 16.5 Å². The molecule has 10 nitrogen and oxygen atoms in total. The Morgan fingerprint density at radius 1 is 1.10 bits per heavy atom. The highest BCUT2D eigenvalue weighted by atomic mass is 79.9. The molecular weight excluding hydrogens is 568 g/mol. The third kappa shape index (κ3) is 6.09. The van der Waals surface area contributed by atoms with Gasteiger partial charge in [-0.25, -0.2) is 4.98 Å². The number of non-ortho nitro benzene ring substituents is 1. The van der Waals surface area contributed by atoms with Crippen LogP contribution in [0.5, 0.6) is 17.2 Å². The number of benzene rings is 3. The van der Waals surface area contributed by atoms with Crippen molar-refractivity contribution in [3.63, 3.8) is 0 Å². The Bertz CT molecular complexity index is 1580. The first-order valence-electron chi connectivity index (χ1n) is 12.1. The third-order valence-electron chi connectivity index (χ3n) is 6.22. The molecule has 0 N–H and O–H groups in total. The van der Waals surface area contributed by atoms with Crippen molar-refractivity contribution in [2.45, 2.75) is 32.8 Å². The first kappa shape index (κ1) is 27.8. The topological polar surface area (TPSA) is 118 Å². The summed E-state index contributed by atoms with van der Waals surface area (Å²) < 4.78 is 19.2. The summed E-state index contributed by atoms with van der Waals surface area (Å²) in [5, 5.41) is 15.9. The molecule has 1 heterocycles. The number of aromatic nitrogens is 2. The molecule has 0 saturated carbocycles. The highest BCUT2D eigenvalue weighted by molar-refractivity contribution is 9.10. The fourth-order valence-electron chi connectivity index (χ4n) is 3.89. The van der Waals surface area contributed by atoms with E-state index in [9.17, 15) is 14.9 Å². The van der Waals surface area contributed by atoms with Crippen LogP contribution in [0.1, 0.15) is 43.1 Å². The van der Waals surface area contributed by atoms with Crippen molar-refractivity contribution in [2.24, 2.45) is 5.10 Å². The summed E-state index contributed by atoms with van der Waals surface area (Å²) in [6.45, 7) is 4.17. The van der Waals surface area contributed by atoms with Gasteiger partial charge >= 0.3 is 0 Å². The first-order valence-corrected chi connectivity index (χ1v) is 12.9. The van der Waals surface area contributed by atoms with Crippen molar-refractivity contribution in [2.75, 3.05) is 14.2 Å². The second-order valence-electron chi connectivity index (χ2n) is 8.77. The van der Waals surface area contributed by atoms with Gasteiger partial charge in [0.2, 0.25) is 5.75 Å². The standard InChI is InChI=1S/C28H27BrN4O6/c1-5-17(2)27-31-23-11-8-20(29)14-22(23)28(34)32(27)30-15-19-12-24(37-3)26(25(13-19)38-4)39-16-18-6-9-21(10-7-18)33(35)36/h6-15,17H,5,16H2,1-4H3/t17-/m1/s1. The molecule has 0 radical (unpaired) electrons. The summed E-state index contributed by atoms with van der Waals surface area (Å²) in [6, 6.07) is 14.9. The summed E-state index contributed by atoms with van der Waals surface area (Å²) >= 11 is 3.42. The highest BCUT2D eigenvalue weighted by Gasteiger charge is 2.17. The molecule has 202 valence electrons. The minimum absolute atomic E-state index is 0.00201. The fourth-order valence-corrected chi connectivity index (χ4v) is 4.25. The first-order chi connectivity index (χ1) is 18.7. The zero-order valence-corrected chi connectivity index (χ0v) is 23.5. The summed E-state index contributed by atoms with van der Waals surface area (Å²) in [7, 11) is 3.01. The zero-order chi connectivity index (χ0) is 28.1. The lowest BCUT2D eigenvalue weighted by Crippen LogP contribution is -2.23. The van der Waals surface area contributed by atoms with Gasteiger partial charge in [-0.2, -0.15) is 9.78 Å². The van der Waals surface area contributed by atoms with Crippen LogP contribution in [0.15, 0.2) is 69.0 Å². The average Bonchev–Trinajstić information content (AvgIpc) is 2.95. The number of hydrogen-bond acceptors (Lipinski definition) is 8. The third-order valence-corrected chi connectivity index (χ3v) is 6.72. The van der Waals surface area contributed by atoms with Crippen LogP contribution in [0.4, 0.5) is 5.69 Å². The molecule has 0 unspecified atom stereocenters. The van der Waals surface area contributed by atoms with Gasteiger partial charge in [-0.05, 0) is 54.4 Å². The van der Waals surface area contributed by atoms with E-state index in [4.69, 9.17) is 19.2 Å². The van der Waals surface area contributed by atoms with Crippen LogP contribution in [0.2, 0.25) is 0 Å². The molecule has 0 saturated heterocycles. The molecule has 0 bridgehead atoms. The van der Waals surface area contributed by atoms with Gasteiger partial charge in [0.05, 0.1) is 36.3 Å². The lowest BCUT2D eigenvalue weighted by molar-refractivity contribution is -0.384. The molecule has 3 aromatic carbocycles. The minimum Gasteiger partial charge on any atom is -0.493 e. The Balaban J connectivity index is 1.69. The number of nitrogens with zero attached hydrogens (tertiary/aromatic N) is 4. The Kier molecular flexibility index (Phi) is 8.60. The van der Waals surface area contributed by atoms with Crippen LogP contribution in [0, 0.1) is 10.1 Å². The van der Waals surface area contributed by atoms with Crippen molar-refractivity contribution >= 4 is 38.7 Å². The second-order valence-corrected chi connectivity index (χ2v) is 9.68. The molecule has 11 heteroatoms. The van der Waals surface area contributed by atoms with Gasteiger partial charge in [-0.3, -0.25) is 14.9 Å². The molecule has 0 fully saturated rings. The molecule has 39 heavy (non-hydrogen) atoms. The molecule has 0 aliphatic heterocycles. The van der Waals surface area contributed by atoms with Crippen molar-refractivity contribution in [1.29, 1.82) is 0 Å². The highest BCUT2D eigenvalue weighted by Crippen LogP contribution is 2.39. The Labute approximate surface area is 233 Å². The number of ether oxygens (including phenoxy) is 3. The van der Waals surface area contributed by atoms with E-state index in [1.54, 1.807) is 36.5 Å². The normalized spacial score (nSPS) is 12.0. The maximum Gasteiger partial charge on any atom is 0.282 e. The van der Waals surface area contributed by atoms with Gasteiger partial charge in [0.1, 0.15) is 12.4 Å². The summed E-state index contributed by atoms with van der Waals surface area (Å²) in [5.41, 5.74) is 1.70. The lowest BCUT2D eigenvalue weighted by atomic mass is 10.1. The summed E-state index contributed by atoms with van der Waals surface area (Å²) in [4.78, 5) is 28.6. The second kappa shape index (κ2) is 12.1. The largest absolute Gasteiger partial charge is 0.493 e. The fraction of sp³-hybridized carbons (Fsp3) is 0.250. The van der Waals surface area contributed by atoms with Crippen molar-refractivity contribution in [1.82, 2.24) is 9.66 Å². The van der Waals surface area contributed by atoms with Gasteiger partial charge in [0, 0.05) is 28.1 Å². The van der Waals surface area contributed by atoms with Crippen LogP contribution in [-0.2, 0) is 6.61 Å². The van der Waals surface area contributed by atoms with Crippen LogP contribution < -0.4 is 19.8 Å². The molecule has 4 rings (SSSR count). The molecule has 0 aliphatic carbocycles. The number of halogens is 1. The van der Waals surface area contributed by atoms with Gasteiger partial charge in [-0.15, -0.1) is 0 Å². The number of rotatable bonds is 10. The summed E-state index contributed by atoms with van der Waals surface area (Å²) in [5.74, 6) is 1.73. The van der Waals surface area contributed by atoms with E-state index in [2.05, 4.69) is 21.0 Å². The van der Waals surface area contributed by atoms with Crippen LogP contribution >= 0.6 is 15.9 Å². The molecule has 1 aromatic heterocycles. The quantitative estimate of drug-likeness (QED) is 0.124. The monoisotopic (exact) mass is 594 g/mol. The number of nitro groups is 1. The number of fused-ring (bicyclic) bond motifs is 1. The predicted octanol–water partition coefficient (Wildman–Crippen LogP) is 6.06. The van der Waals surface area contributed by atoms with Crippen LogP contribution in [0.3, 0.4) is 0 Å². The number of methoxy groups -OCH3 is 2. The van der Waals surface area contributed by atoms with Gasteiger partial charge in [-0.1, -0.05) is 29.8 Å². The predicted molar refractivity (Wildman–Crippen MR) is 152 cm³/mol. The zero-order valence-electron chi connectivity index (χ0n) is 21.9. The maximum absolute atomic E-state index is 13.4. The number of hydrogen-bond donors (Lipinski definition) is 0. The smallest absolute Gasteiger partial charge is 0.282 e. The Hall–Kier alpha value is -4.25. The molecule has 0 amide bonds. The van der Waals surface area contributed by atoms with E-state index in [1.165, 1.54) is 31.0 Å². The van der Waals surface area contributed by atoms with E-state index < -0.39 is 4.92 Å². The molecule has 0 aliphatic rings.